The van der Waals surface area contributed by atoms with Gasteiger partial charge in [0.2, 0.25) is 5.91 Å². The first-order chi connectivity index (χ1) is 10.7. The highest BCUT2D eigenvalue weighted by Gasteiger charge is 2.09. The molecule has 114 valence electrons. The van der Waals surface area contributed by atoms with Crippen LogP contribution in [0.3, 0.4) is 0 Å². The van der Waals surface area contributed by atoms with E-state index in [0.29, 0.717) is 13.0 Å². The third-order valence-electron chi connectivity index (χ3n) is 3.06. The number of halogens is 1. The minimum absolute atomic E-state index is 0.00175. The molecule has 0 radical (unpaired) electrons. The predicted molar refractivity (Wildman–Crippen MR) is 81.9 cm³/mol. The molecule has 0 spiro atoms. The molecule has 2 N–H and O–H groups in total. The van der Waals surface area contributed by atoms with Gasteiger partial charge in [0.1, 0.15) is 5.82 Å². The van der Waals surface area contributed by atoms with Crippen LogP contribution in [0.1, 0.15) is 15.9 Å². The molecule has 0 fully saturated rings. The molecule has 22 heavy (non-hydrogen) atoms. The SMILES string of the molecule is O=C(Cc1ccccc1)NCCNC(=O)c1ccccc1F. The molecule has 0 aromatic heterocycles. The van der Waals surface area contributed by atoms with Gasteiger partial charge < -0.3 is 10.6 Å². The van der Waals surface area contributed by atoms with Gasteiger partial charge in [0, 0.05) is 13.1 Å². The first-order valence-corrected chi connectivity index (χ1v) is 7.00. The molecule has 0 unspecified atom stereocenters. The average Bonchev–Trinajstić information content (AvgIpc) is 2.53. The van der Waals surface area contributed by atoms with Gasteiger partial charge in [0.05, 0.1) is 12.0 Å². The summed E-state index contributed by atoms with van der Waals surface area (Å²) in [5.41, 5.74) is 0.925. The summed E-state index contributed by atoms with van der Waals surface area (Å²) in [5.74, 6) is -1.17. The van der Waals surface area contributed by atoms with E-state index in [1.54, 1.807) is 6.07 Å². The van der Waals surface area contributed by atoms with Gasteiger partial charge in [-0.25, -0.2) is 4.39 Å². The number of rotatable bonds is 6. The highest BCUT2D eigenvalue weighted by atomic mass is 19.1. The zero-order valence-corrected chi connectivity index (χ0v) is 12.0. The molecule has 4 nitrogen and oxygen atoms in total. The van der Waals surface area contributed by atoms with Crippen molar-refractivity contribution >= 4 is 11.8 Å². The van der Waals surface area contributed by atoms with Gasteiger partial charge in [-0.3, -0.25) is 9.59 Å². The first-order valence-electron chi connectivity index (χ1n) is 7.00. The molecular weight excluding hydrogens is 283 g/mol. The maximum atomic E-state index is 13.4. The van der Waals surface area contributed by atoms with Crippen molar-refractivity contribution in [2.75, 3.05) is 13.1 Å². The largest absolute Gasteiger partial charge is 0.354 e. The van der Waals surface area contributed by atoms with E-state index in [2.05, 4.69) is 10.6 Å². The monoisotopic (exact) mass is 300 g/mol. The van der Waals surface area contributed by atoms with Gasteiger partial charge in [0.25, 0.3) is 5.91 Å². The van der Waals surface area contributed by atoms with Crippen LogP contribution in [0.4, 0.5) is 4.39 Å². The van der Waals surface area contributed by atoms with Crippen molar-refractivity contribution < 1.29 is 14.0 Å². The highest BCUT2D eigenvalue weighted by Crippen LogP contribution is 2.05. The van der Waals surface area contributed by atoms with Crippen LogP contribution in [-0.4, -0.2) is 24.9 Å². The molecule has 0 atom stereocenters. The maximum Gasteiger partial charge on any atom is 0.254 e. The summed E-state index contributed by atoms with van der Waals surface area (Å²) in [7, 11) is 0. The van der Waals surface area contributed by atoms with Crippen LogP contribution in [0.2, 0.25) is 0 Å². The Morgan fingerprint density at radius 3 is 2.23 bits per heavy atom. The van der Waals surface area contributed by atoms with Crippen LogP contribution >= 0.6 is 0 Å². The Hall–Kier alpha value is -2.69. The van der Waals surface area contributed by atoms with Gasteiger partial charge in [-0.05, 0) is 17.7 Å². The first kappa shape index (κ1) is 15.7. The van der Waals surface area contributed by atoms with Crippen molar-refractivity contribution in [2.45, 2.75) is 6.42 Å². The lowest BCUT2D eigenvalue weighted by molar-refractivity contribution is -0.120. The zero-order chi connectivity index (χ0) is 15.8. The van der Waals surface area contributed by atoms with Crippen LogP contribution < -0.4 is 10.6 Å². The molecule has 0 saturated carbocycles. The number of hydrogen-bond acceptors (Lipinski definition) is 2. The molecule has 2 aromatic carbocycles. The van der Waals surface area contributed by atoms with E-state index in [0.717, 1.165) is 5.56 Å². The van der Waals surface area contributed by atoms with Gasteiger partial charge in [-0.2, -0.15) is 0 Å². The van der Waals surface area contributed by atoms with Crippen LogP contribution in [-0.2, 0) is 11.2 Å². The lowest BCUT2D eigenvalue weighted by Crippen LogP contribution is -2.35. The second kappa shape index (κ2) is 7.93. The molecule has 2 amide bonds. The Morgan fingerprint density at radius 2 is 1.50 bits per heavy atom. The fourth-order valence-electron chi connectivity index (χ4n) is 1.96. The number of carbonyl (C=O) groups is 2. The van der Waals surface area contributed by atoms with Gasteiger partial charge in [-0.15, -0.1) is 0 Å². The molecule has 0 aliphatic heterocycles. The normalized spacial score (nSPS) is 10.0. The quantitative estimate of drug-likeness (QED) is 0.801. The molecule has 0 bridgehead atoms. The summed E-state index contributed by atoms with van der Waals surface area (Å²) in [4.78, 5) is 23.4. The van der Waals surface area contributed by atoms with Crippen LogP contribution in [0.25, 0.3) is 0 Å². The summed E-state index contributed by atoms with van der Waals surface area (Å²) >= 11 is 0. The van der Waals surface area contributed by atoms with Crippen molar-refractivity contribution in [1.82, 2.24) is 10.6 Å². The summed E-state index contributed by atoms with van der Waals surface area (Å²) in [6.07, 6.45) is 0.294. The number of carbonyl (C=O) groups excluding carboxylic acids is 2. The predicted octanol–water partition coefficient (Wildman–Crippen LogP) is 1.91. The van der Waals surface area contributed by atoms with Crippen LogP contribution in [0, 0.1) is 5.82 Å². The molecule has 0 saturated heterocycles. The van der Waals surface area contributed by atoms with E-state index in [1.165, 1.54) is 18.2 Å². The number of amides is 2. The molecule has 2 rings (SSSR count). The summed E-state index contributed by atoms with van der Waals surface area (Å²) in [6, 6.07) is 15.2. The Kier molecular flexibility index (Phi) is 5.65. The Balaban J connectivity index is 1.70. The van der Waals surface area contributed by atoms with Crippen LogP contribution in [0.15, 0.2) is 54.6 Å². The van der Waals surface area contributed by atoms with Gasteiger partial charge in [-0.1, -0.05) is 42.5 Å². The third kappa shape index (κ3) is 4.70. The molecular formula is C17H17FN2O2. The summed E-state index contributed by atoms with van der Waals surface area (Å²) < 4.78 is 13.4. The topological polar surface area (TPSA) is 58.2 Å². The highest BCUT2D eigenvalue weighted by molar-refractivity contribution is 5.94. The fraction of sp³-hybridized carbons (Fsp3) is 0.176. The Bertz CT molecular complexity index is 644. The average molecular weight is 300 g/mol. The Morgan fingerprint density at radius 1 is 0.864 bits per heavy atom. The summed E-state index contributed by atoms with van der Waals surface area (Å²) in [5, 5.41) is 5.27. The molecule has 5 heteroatoms. The minimum Gasteiger partial charge on any atom is -0.354 e. The van der Waals surface area contributed by atoms with Crippen molar-refractivity contribution in [2.24, 2.45) is 0 Å². The van der Waals surface area contributed by atoms with E-state index < -0.39 is 11.7 Å². The second-order valence-corrected chi connectivity index (χ2v) is 4.75. The Labute approximate surface area is 128 Å². The minimum atomic E-state index is -0.562. The fourth-order valence-corrected chi connectivity index (χ4v) is 1.96. The van der Waals surface area contributed by atoms with Crippen molar-refractivity contribution in [3.63, 3.8) is 0 Å². The third-order valence-corrected chi connectivity index (χ3v) is 3.06. The molecule has 0 aliphatic carbocycles. The smallest absolute Gasteiger partial charge is 0.254 e. The van der Waals surface area contributed by atoms with Crippen LogP contribution in [0.5, 0.6) is 0 Å². The van der Waals surface area contributed by atoms with Gasteiger partial charge >= 0.3 is 0 Å². The number of nitrogens with one attached hydrogen (secondary N) is 2. The summed E-state index contributed by atoms with van der Waals surface area (Å²) in [6.45, 7) is 0.541. The van der Waals surface area contributed by atoms with E-state index >= 15 is 0 Å². The van der Waals surface area contributed by atoms with E-state index in [9.17, 15) is 14.0 Å². The second-order valence-electron chi connectivity index (χ2n) is 4.75. The van der Waals surface area contributed by atoms with Crippen molar-refractivity contribution in [3.05, 3.63) is 71.5 Å². The van der Waals surface area contributed by atoms with E-state index in [1.807, 2.05) is 30.3 Å². The zero-order valence-electron chi connectivity index (χ0n) is 12.0. The standard InChI is InChI=1S/C17H17FN2O2/c18-15-9-5-4-8-14(15)17(22)20-11-10-19-16(21)12-13-6-2-1-3-7-13/h1-9H,10-12H2,(H,19,21)(H,20,22). The number of benzene rings is 2. The van der Waals surface area contributed by atoms with E-state index in [4.69, 9.17) is 0 Å². The maximum absolute atomic E-state index is 13.4. The molecule has 0 heterocycles. The van der Waals surface area contributed by atoms with E-state index in [-0.39, 0.29) is 18.0 Å². The van der Waals surface area contributed by atoms with Crippen molar-refractivity contribution in [1.29, 1.82) is 0 Å². The van der Waals surface area contributed by atoms with Crippen molar-refractivity contribution in [3.8, 4) is 0 Å². The lowest BCUT2D eigenvalue weighted by Gasteiger charge is -2.08. The lowest BCUT2D eigenvalue weighted by atomic mass is 10.1. The van der Waals surface area contributed by atoms with Gasteiger partial charge in [0.15, 0.2) is 0 Å². The number of hydrogen-bond donors (Lipinski definition) is 2. The molecule has 0 aliphatic rings. The molecule has 2 aromatic rings.